The van der Waals surface area contributed by atoms with Crippen molar-refractivity contribution in [1.29, 1.82) is 0 Å². The van der Waals surface area contributed by atoms with Gasteiger partial charge in [0.15, 0.2) is 0 Å². The van der Waals surface area contributed by atoms with Crippen LogP contribution >= 0.6 is 11.5 Å². The van der Waals surface area contributed by atoms with Crippen molar-refractivity contribution in [2.24, 2.45) is 0 Å². The van der Waals surface area contributed by atoms with E-state index < -0.39 is 0 Å². The molecule has 0 amide bonds. The van der Waals surface area contributed by atoms with Gasteiger partial charge in [0.1, 0.15) is 11.6 Å². The van der Waals surface area contributed by atoms with Crippen molar-refractivity contribution >= 4 is 16.7 Å². The summed E-state index contributed by atoms with van der Waals surface area (Å²) < 4.78 is 17.1. The van der Waals surface area contributed by atoms with Crippen LogP contribution in [0.4, 0.5) is 9.52 Å². The molecule has 3 nitrogen and oxygen atoms in total. The molecule has 0 radical (unpaired) electrons. The summed E-state index contributed by atoms with van der Waals surface area (Å²) in [5.74, 6) is 0.670. The highest BCUT2D eigenvalue weighted by molar-refractivity contribution is 7.09. The van der Waals surface area contributed by atoms with Gasteiger partial charge in [-0.05, 0) is 31.0 Å². The second-order valence-electron chi connectivity index (χ2n) is 4.18. The van der Waals surface area contributed by atoms with Crippen molar-refractivity contribution in [3.8, 4) is 0 Å². The fourth-order valence-corrected chi connectivity index (χ4v) is 2.36. The molecule has 0 saturated carbocycles. The van der Waals surface area contributed by atoms with Gasteiger partial charge in [-0.1, -0.05) is 19.1 Å². The van der Waals surface area contributed by atoms with Crippen LogP contribution in [0.3, 0.4) is 0 Å². The molecule has 2 rings (SSSR count). The number of hydrogen-bond donors (Lipinski definition) is 1. The Bertz CT molecular complexity index is 495. The van der Waals surface area contributed by atoms with Gasteiger partial charge in [-0.3, -0.25) is 0 Å². The van der Waals surface area contributed by atoms with Crippen LogP contribution in [0.2, 0.25) is 0 Å². The predicted octanol–water partition coefficient (Wildman–Crippen LogP) is 3.80. The first-order chi connectivity index (χ1) is 8.69. The quantitative estimate of drug-likeness (QED) is 0.893. The molecule has 18 heavy (non-hydrogen) atoms. The Morgan fingerprint density at radius 3 is 2.72 bits per heavy atom. The topological polar surface area (TPSA) is 37.8 Å². The average Bonchev–Trinajstić information content (AvgIpc) is 2.78. The molecule has 1 aromatic carbocycles. The molecule has 1 aromatic heterocycles. The van der Waals surface area contributed by atoms with Crippen molar-refractivity contribution in [2.75, 3.05) is 5.32 Å². The van der Waals surface area contributed by atoms with Gasteiger partial charge in [0.2, 0.25) is 5.13 Å². The standard InChI is InChI=1S/C13H16FN3S/c1-3-4-12-16-13(18-17-12)15-9(2)10-5-7-11(14)8-6-10/h5-9H,3-4H2,1-2H3,(H,15,16,17). The van der Waals surface area contributed by atoms with E-state index in [1.807, 2.05) is 6.92 Å². The molecule has 0 aliphatic rings. The summed E-state index contributed by atoms with van der Waals surface area (Å²) >= 11 is 1.37. The summed E-state index contributed by atoms with van der Waals surface area (Å²) in [7, 11) is 0. The molecule has 1 heterocycles. The van der Waals surface area contributed by atoms with E-state index in [0.29, 0.717) is 0 Å². The smallest absolute Gasteiger partial charge is 0.203 e. The molecule has 1 atom stereocenters. The van der Waals surface area contributed by atoms with Crippen LogP contribution in [0, 0.1) is 5.82 Å². The maximum Gasteiger partial charge on any atom is 0.203 e. The molecular formula is C13H16FN3S. The Labute approximate surface area is 110 Å². The largest absolute Gasteiger partial charge is 0.354 e. The van der Waals surface area contributed by atoms with Gasteiger partial charge in [-0.25, -0.2) is 9.37 Å². The molecule has 96 valence electrons. The third kappa shape index (κ3) is 3.26. The highest BCUT2D eigenvalue weighted by atomic mass is 32.1. The number of nitrogens with zero attached hydrogens (tertiary/aromatic N) is 2. The molecule has 2 aromatic rings. The van der Waals surface area contributed by atoms with E-state index in [1.54, 1.807) is 12.1 Å². The maximum atomic E-state index is 12.8. The Kier molecular flexibility index (Phi) is 4.25. The number of halogens is 1. The number of hydrogen-bond acceptors (Lipinski definition) is 4. The summed E-state index contributed by atoms with van der Waals surface area (Å²) in [5, 5.41) is 4.09. The normalized spacial score (nSPS) is 12.4. The molecular weight excluding hydrogens is 249 g/mol. The van der Waals surface area contributed by atoms with Gasteiger partial charge in [-0.2, -0.15) is 4.37 Å². The van der Waals surface area contributed by atoms with Crippen molar-refractivity contribution in [1.82, 2.24) is 9.36 Å². The summed E-state index contributed by atoms with van der Waals surface area (Å²) in [6.45, 7) is 4.13. The van der Waals surface area contributed by atoms with E-state index in [4.69, 9.17) is 0 Å². The summed E-state index contributed by atoms with van der Waals surface area (Å²) in [6.07, 6.45) is 1.95. The van der Waals surface area contributed by atoms with E-state index in [-0.39, 0.29) is 11.9 Å². The minimum absolute atomic E-state index is 0.0908. The molecule has 0 saturated heterocycles. The summed E-state index contributed by atoms with van der Waals surface area (Å²) in [6, 6.07) is 6.59. The first-order valence-electron chi connectivity index (χ1n) is 6.03. The molecule has 1 N–H and O–H groups in total. The zero-order valence-electron chi connectivity index (χ0n) is 10.5. The lowest BCUT2D eigenvalue weighted by molar-refractivity contribution is 0.626. The SMILES string of the molecule is CCCc1nsc(NC(C)c2ccc(F)cc2)n1. The second kappa shape index (κ2) is 5.91. The van der Waals surface area contributed by atoms with Gasteiger partial charge in [-0.15, -0.1) is 0 Å². The number of anilines is 1. The lowest BCUT2D eigenvalue weighted by Crippen LogP contribution is -2.06. The molecule has 0 aliphatic carbocycles. The van der Waals surface area contributed by atoms with E-state index >= 15 is 0 Å². The number of aromatic nitrogens is 2. The first kappa shape index (κ1) is 13.0. The molecule has 0 bridgehead atoms. The Morgan fingerprint density at radius 2 is 2.06 bits per heavy atom. The van der Waals surface area contributed by atoms with Crippen LogP contribution in [0.25, 0.3) is 0 Å². The van der Waals surface area contributed by atoms with Crippen LogP contribution in [-0.4, -0.2) is 9.36 Å². The Balaban J connectivity index is 2.01. The van der Waals surface area contributed by atoms with Crippen LogP contribution in [-0.2, 0) is 6.42 Å². The average molecular weight is 265 g/mol. The highest BCUT2D eigenvalue weighted by Gasteiger charge is 2.09. The lowest BCUT2D eigenvalue weighted by atomic mass is 10.1. The molecule has 0 spiro atoms. The summed E-state index contributed by atoms with van der Waals surface area (Å²) in [4.78, 5) is 4.41. The molecule has 0 aliphatic heterocycles. The number of rotatable bonds is 5. The molecule has 0 fully saturated rings. The van der Waals surface area contributed by atoms with Crippen LogP contribution in [0.15, 0.2) is 24.3 Å². The predicted molar refractivity (Wildman–Crippen MR) is 72.3 cm³/mol. The summed E-state index contributed by atoms with van der Waals surface area (Å²) in [5.41, 5.74) is 1.03. The zero-order valence-corrected chi connectivity index (χ0v) is 11.3. The first-order valence-corrected chi connectivity index (χ1v) is 6.81. The van der Waals surface area contributed by atoms with Crippen molar-refractivity contribution in [2.45, 2.75) is 32.7 Å². The van der Waals surface area contributed by atoms with E-state index in [2.05, 4.69) is 21.6 Å². The number of aryl methyl sites for hydroxylation is 1. The van der Waals surface area contributed by atoms with Gasteiger partial charge in [0.25, 0.3) is 0 Å². The molecule has 5 heteroatoms. The maximum absolute atomic E-state index is 12.8. The zero-order chi connectivity index (χ0) is 13.0. The van der Waals surface area contributed by atoms with Gasteiger partial charge < -0.3 is 5.32 Å². The monoisotopic (exact) mass is 265 g/mol. The van der Waals surface area contributed by atoms with Crippen LogP contribution < -0.4 is 5.32 Å². The van der Waals surface area contributed by atoms with E-state index in [0.717, 1.165) is 29.4 Å². The van der Waals surface area contributed by atoms with E-state index in [9.17, 15) is 4.39 Å². The van der Waals surface area contributed by atoms with Crippen LogP contribution in [0.5, 0.6) is 0 Å². The third-order valence-corrected chi connectivity index (χ3v) is 3.34. The van der Waals surface area contributed by atoms with Crippen molar-refractivity contribution in [3.05, 3.63) is 41.5 Å². The molecule has 1 unspecified atom stereocenters. The van der Waals surface area contributed by atoms with Gasteiger partial charge in [0, 0.05) is 18.0 Å². The Morgan fingerprint density at radius 1 is 1.33 bits per heavy atom. The number of benzene rings is 1. The Hall–Kier alpha value is -1.49. The lowest BCUT2D eigenvalue weighted by Gasteiger charge is -2.12. The highest BCUT2D eigenvalue weighted by Crippen LogP contribution is 2.21. The van der Waals surface area contributed by atoms with Crippen LogP contribution in [0.1, 0.15) is 37.7 Å². The van der Waals surface area contributed by atoms with E-state index in [1.165, 1.54) is 23.7 Å². The minimum Gasteiger partial charge on any atom is -0.354 e. The van der Waals surface area contributed by atoms with Gasteiger partial charge >= 0.3 is 0 Å². The van der Waals surface area contributed by atoms with Gasteiger partial charge in [0.05, 0.1) is 6.04 Å². The number of nitrogens with one attached hydrogen (secondary N) is 1. The second-order valence-corrected chi connectivity index (χ2v) is 4.94. The van der Waals surface area contributed by atoms with Crippen molar-refractivity contribution < 1.29 is 4.39 Å². The van der Waals surface area contributed by atoms with Crippen molar-refractivity contribution in [3.63, 3.8) is 0 Å². The fourth-order valence-electron chi connectivity index (χ4n) is 1.66. The minimum atomic E-state index is -0.216. The fraction of sp³-hybridized carbons (Fsp3) is 0.385. The third-order valence-electron chi connectivity index (χ3n) is 2.65.